The Bertz CT molecular complexity index is 650. The number of H-pyrrole nitrogens is 1. The predicted octanol–water partition coefficient (Wildman–Crippen LogP) is 0.896. The maximum atomic E-state index is 10.8. The van der Waals surface area contributed by atoms with E-state index in [-0.39, 0.29) is 11.8 Å². The number of nitro groups is 1. The van der Waals surface area contributed by atoms with E-state index >= 15 is 0 Å². The van der Waals surface area contributed by atoms with E-state index in [4.69, 9.17) is 4.74 Å². The number of hydrogen-bond donors (Lipinski definition) is 2. The molecule has 1 aromatic heterocycles. The Morgan fingerprint density at radius 3 is 3.14 bits per heavy atom. The molecule has 1 aliphatic rings. The average molecular weight is 291 g/mol. The van der Waals surface area contributed by atoms with Gasteiger partial charge in [0.2, 0.25) is 5.95 Å². The second kappa shape index (κ2) is 5.66. The van der Waals surface area contributed by atoms with Gasteiger partial charge in [0.05, 0.1) is 28.7 Å². The lowest BCUT2D eigenvalue weighted by molar-refractivity contribution is -0.384. The van der Waals surface area contributed by atoms with Gasteiger partial charge >= 0.3 is 0 Å². The highest BCUT2D eigenvalue weighted by Crippen LogP contribution is 2.21. The van der Waals surface area contributed by atoms with Gasteiger partial charge < -0.3 is 19.9 Å². The van der Waals surface area contributed by atoms with E-state index in [1.54, 1.807) is 6.07 Å². The van der Waals surface area contributed by atoms with Crippen LogP contribution in [0.5, 0.6) is 0 Å². The van der Waals surface area contributed by atoms with Gasteiger partial charge in [-0.2, -0.15) is 0 Å². The number of nitrogens with zero attached hydrogens (tertiary/aromatic N) is 3. The molecule has 1 fully saturated rings. The summed E-state index contributed by atoms with van der Waals surface area (Å²) in [7, 11) is 1.92. The Kier molecular flexibility index (Phi) is 3.72. The average Bonchev–Trinajstić information content (AvgIpc) is 2.91. The summed E-state index contributed by atoms with van der Waals surface area (Å²) in [6.45, 7) is 3.12. The Morgan fingerprint density at radius 2 is 2.43 bits per heavy atom. The molecule has 0 amide bonds. The number of nitrogens with one attached hydrogen (secondary N) is 2. The summed E-state index contributed by atoms with van der Waals surface area (Å²) >= 11 is 0. The minimum atomic E-state index is -0.412. The first kappa shape index (κ1) is 13.8. The lowest BCUT2D eigenvalue weighted by Crippen LogP contribution is -2.44. The zero-order valence-corrected chi connectivity index (χ0v) is 11.7. The Balaban J connectivity index is 1.78. The molecule has 0 bridgehead atoms. The second-order valence-corrected chi connectivity index (χ2v) is 5.10. The monoisotopic (exact) mass is 291 g/mol. The number of imidazole rings is 1. The first-order valence-corrected chi connectivity index (χ1v) is 6.81. The number of rotatable bonds is 4. The number of nitro benzene ring substituents is 1. The van der Waals surface area contributed by atoms with Crippen LogP contribution in [0.15, 0.2) is 18.2 Å². The summed E-state index contributed by atoms with van der Waals surface area (Å²) in [5, 5.41) is 14.1. The molecule has 8 nitrogen and oxygen atoms in total. The standard InChI is InChI=1S/C13H17N5O3/c1-17(8-10-7-14-4-5-21-10)13-15-11-3-2-9(18(19)20)6-12(11)16-13/h2-3,6,10,14H,4-5,7-8H2,1H3,(H,15,16). The number of aromatic nitrogens is 2. The molecule has 0 aliphatic carbocycles. The van der Waals surface area contributed by atoms with Crippen LogP contribution in [0.1, 0.15) is 0 Å². The molecular weight excluding hydrogens is 274 g/mol. The van der Waals surface area contributed by atoms with Crippen molar-refractivity contribution in [2.24, 2.45) is 0 Å². The third-order valence-electron chi connectivity index (χ3n) is 3.51. The minimum absolute atomic E-state index is 0.0557. The molecule has 2 N–H and O–H groups in total. The van der Waals surface area contributed by atoms with E-state index in [1.165, 1.54) is 12.1 Å². The van der Waals surface area contributed by atoms with Gasteiger partial charge in [0.1, 0.15) is 0 Å². The quantitative estimate of drug-likeness (QED) is 0.641. The summed E-state index contributed by atoms with van der Waals surface area (Å²) in [5.41, 5.74) is 1.43. The highest BCUT2D eigenvalue weighted by molar-refractivity contribution is 5.80. The smallest absolute Gasteiger partial charge is 0.271 e. The maximum absolute atomic E-state index is 10.8. The fourth-order valence-corrected chi connectivity index (χ4v) is 2.41. The highest BCUT2D eigenvalue weighted by atomic mass is 16.6. The largest absolute Gasteiger partial charge is 0.374 e. The number of benzene rings is 1. The van der Waals surface area contributed by atoms with Crippen molar-refractivity contribution in [3.05, 3.63) is 28.3 Å². The molecule has 1 aliphatic heterocycles. The van der Waals surface area contributed by atoms with E-state index in [0.717, 1.165) is 13.1 Å². The third kappa shape index (κ3) is 2.96. The van der Waals surface area contributed by atoms with Crippen molar-refractivity contribution in [1.82, 2.24) is 15.3 Å². The number of likely N-dealkylation sites (N-methyl/N-ethyl adjacent to an activating group) is 1. The molecule has 112 valence electrons. The van der Waals surface area contributed by atoms with Crippen molar-refractivity contribution in [2.75, 3.05) is 38.2 Å². The van der Waals surface area contributed by atoms with Gasteiger partial charge in [-0.3, -0.25) is 10.1 Å². The Morgan fingerprint density at radius 1 is 1.57 bits per heavy atom. The van der Waals surface area contributed by atoms with Crippen molar-refractivity contribution >= 4 is 22.7 Å². The fourth-order valence-electron chi connectivity index (χ4n) is 2.41. The van der Waals surface area contributed by atoms with Gasteiger partial charge in [0, 0.05) is 38.8 Å². The van der Waals surface area contributed by atoms with Crippen molar-refractivity contribution in [2.45, 2.75) is 6.10 Å². The van der Waals surface area contributed by atoms with E-state index < -0.39 is 4.92 Å². The van der Waals surface area contributed by atoms with E-state index in [9.17, 15) is 10.1 Å². The van der Waals surface area contributed by atoms with E-state index in [1.807, 2.05) is 11.9 Å². The maximum Gasteiger partial charge on any atom is 0.271 e. The number of fused-ring (bicyclic) bond motifs is 1. The summed E-state index contributed by atoms with van der Waals surface area (Å²) in [4.78, 5) is 19.9. The van der Waals surface area contributed by atoms with Gasteiger partial charge in [-0.15, -0.1) is 0 Å². The number of anilines is 1. The third-order valence-corrected chi connectivity index (χ3v) is 3.51. The van der Waals surface area contributed by atoms with Crippen molar-refractivity contribution in [3.8, 4) is 0 Å². The molecular formula is C13H17N5O3. The lowest BCUT2D eigenvalue weighted by atomic mass is 10.3. The molecule has 8 heteroatoms. The molecule has 0 spiro atoms. The molecule has 1 saturated heterocycles. The highest BCUT2D eigenvalue weighted by Gasteiger charge is 2.18. The number of non-ortho nitro benzene ring substituents is 1. The molecule has 21 heavy (non-hydrogen) atoms. The SMILES string of the molecule is CN(CC1CNCCO1)c1nc2ccc([N+](=O)[O-])cc2[nH]1. The summed E-state index contributed by atoms with van der Waals surface area (Å²) in [6, 6.07) is 4.61. The predicted molar refractivity (Wildman–Crippen MR) is 78.6 cm³/mol. The van der Waals surface area contributed by atoms with Gasteiger partial charge in [-0.25, -0.2) is 4.98 Å². The molecule has 0 radical (unpaired) electrons. The summed E-state index contributed by atoms with van der Waals surface area (Å²) < 4.78 is 5.66. The van der Waals surface area contributed by atoms with Crippen LogP contribution >= 0.6 is 0 Å². The molecule has 2 aromatic rings. The van der Waals surface area contributed by atoms with Gasteiger partial charge in [0.15, 0.2) is 0 Å². The first-order valence-electron chi connectivity index (χ1n) is 6.81. The van der Waals surface area contributed by atoms with Crippen molar-refractivity contribution in [3.63, 3.8) is 0 Å². The van der Waals surface area contributed by atoms with Crippen LogP contribution in [0.2, 0.25) is 0 Å². The molecule has 1 unspecified atom stereocenters. The lowest BCUT2D eigenvalue weighted by Gasteiger charge is -2.27. The number of morpholine rings is 1. The zero-order valence-electron chi connectivity index (χ0n) is 11.7. The van der Waals surface area contributed by atoms with Crippen LogP contribution in [-0.2, 0) is 4.74 Å². The Labute approximate surface area is 121 Å². The van der Waals surface area contributed by atoms with Crippen LogP contribution in [0.25, 0.3) is 11.0 Å². The van der Waals surface area contributed by atoms with Crippen LogP contribution in [0, 0.1) is 10.1 Å². The molecule has 1 aromatic carbocycles. The van der Waals surface area contributed by atoms with Gasteiger partial charge in [-0.05, 0) is 6.07 Å². The molecule has 1 atom stereocenters. The van der Waals surface area contributed by atoms with Gasteiger partial charge in [-0.1, -0.05) is 0 Å². The summed E-state index contributed by atoms with van der Waals surface area (Å²) in [5.74, 6) is 0.680. The normalized spacial score (nSPS) is 18.8. The number of aromatic amines is 1. The van der Waals surface area contributed by atoms with Crippen molar-refractivity contribution < 1.29 is 9.66 Å². The van der Waals surface area contributed by atoms with Crippen molar-refractivity contribution in [1.29, 1.82) is 0 Å². The number of hydrogen-bond acceptors (Lipinski definition) is 6. The zero-order chi connectivity index (χ0) is 14.8. The minimum Gasteiger partial charge on any atom is -0.374 e. The molecule has 0 saturated carbocycles. The molecule has 3 rings (SSSR count). The van der Waals surface area contributed by atoms with Crippen LogP contribution in [0.4, 0.5) is 11.6 Å². The van der Waals surface area contributed by atoms with Crippen LogP contribution < -0.4 is 10.2 Å². The first-order chi connectivity index (χ1) is 10.1. The van der Waals surface area contributed by atoms with Crippen LogP contribution in [0.3, 0.4) is 0 Å². The number of ether oxygens (including phenoxy) is 1. The van der Waals surface area contributed by atoms with E-state index in [2.05, 4.69) is 15.3 Å². The van der Waals surface area contributed by atoms with E-state index in [0.29, 0.717) is 30.1 Å². The summed E-state index contributed by atoms with van der Waals surface area (Å²) in [6.07, 6.45) is 0.117. The fraction of sp³-hybridized carbons (Fsp3) is 0.462. The van der Waals surface area contributed by atoms with Crippen LogP contribution in [-0.4, -0.2) is 54.3 Å². The Hall–Kier alpha value is -2.19. The molecule has 2 heterocycles. The topological polar surface area (TPSA) is 96.3 Å². The van der Waals surface area contributed by atoms with Gasteiger partial charge in [0.25, 0.3) is 5.69 Å². The second-order valence-electron chi connectivity index (χ2n) is 5.10.